The summed E-state index contributed by atoms with van der Waals surface area (Å²) in [6.07, 6.45) is 1.16. The molecule has 0 heterocycles. The number of hydrogen-bond donors (Lipinski definition) is 0. The second-order valence-electron chi connectivity index (χ2n) is 0.993. The maximum atomic E-state index is 4.83. The van der Waals surface area contributed by atoms with Crippen LogP contribution in [0.3, 0.4) is 0 Å². The zero-order valence-electron chi connectivity index (χ0n) is 4.32. The molecule has 0 aromatic heterocycles. The van der Waals surface area contributed by atoms with Crippen molar-refractivity contribution in [2.75, 3.05) is 6.61 Å². The van der Waals surface area contributed by atoms with Crippen molar-refractivity contribution in [1.29, 1.82) is 0 Å². The van der Waals surface area contributed by atoms with Gasteiger partial charge in [0, 0.05) is 32.8 Å². The Labute approximate surface area is 61.1 Å². The van der Waals surface area contributed by atoms with Crippen molar-refractivity contribution in [1.82, 2.24) is 0 Å². The van der Waals surface area contributed by atoms with Crippen LogP contribution in [0.1, 0.15) is 13.3 Å². The Morgan fingerprint density at radius 1 is 1.67 bits per heavy atom. The van der Waals surface area contributed by atoms with E-state index in [4.69, 9.17) is 4.43 Å². The van der Waals surface area contributed by atoms with Gasteiger partial charge in [-0.25, -0.2) is 0 Å². The maximum Gasteiger partial charge on any atom is 0.145 e. The third-order valence-electron chi connectivity index (χ3n) is 0.408. The standard InChI is InChI=1S/C3H10OSi.Zr/c1-2-3-4-5;/h2-3H2,1,5H3;. The Kier molecular flexibility index (Phi) is 15.9. The molecule has 0 aliphatic heterocycles. The molecule has 0 aromatic rings. The Hall–Kier alpha value is 1.06. The third kappa shape index (κ3) is 8.91. The van der Waals surface area contributed by atoms with E-state index in [0.29, 0.717) is 0 Å². The van der Waals surface area contributed by atoms with E-state index in [1.165, 1.54) is 0 Å². The molecule has 0 atom stereocenters. The summed E-state index contributed by atoms with van der Waals surface area (Å²) in [5.74, 6) is 0. The molecule has 0 aliphatic rings. The molecule has 3 heteroatoms. The minimum absolute atomic E-state index is 0. The average Bonchev–Trinajstić information content (AvgIpc) is 1.41. The van der Waals surface area contributed by atoms with Crippen molar-refractivity contribution < 1.29 is 30.6 Å². The van der Waals surface area contributed by atoms with Crippen LogP contribution in [0.5, 0.6) is 0 Å². The van der Waals surface area contributed by atoms with Crippen LogP contribution in [0.25, 0.3) is 0 Å². The zero-order chi connectivity index (χ0) is 4.12. The van der Waals surface area contributed by atoms with Gasteiger partial charge in [0.25, 0.3) is 0 Å². The van der Waals surface area contributed by atoms with Crippen molar-refractivity contribution in [3.8, 4) is 0 Å². The second-order valence-corrected chi connectivity index (χ2v) is 1.57. The Morgan fingerprint density at radius 3 is 2.17 bits per heavy atom. The number of rotatable bonds is 2. The van der Waals surface area contributed by atoms with Crippen LogP contribution in [-0.2, 0) is 30.6 Å². The molecule has 6 heavy (non-hydrogen) atoms. The van der Waals surface area contributed by atoms with Crippen LogP contribution in [0.2, 0.25) is 0 Å². The first-order valence-corrected chi connectivity index (χ1v) is 2.72. The van der Waals surface area contributed by atoms with E-state index in [2.05, 4.69) is 6.92 Å². The van der Waals surface area contributed by atoms with Gasteiger partial charge in [-0.05, 0) is 6.42 Å². The predicted octanol–water partition coefficient (Wildman–Crippen LogP) is -0.309. The summed E-state index contributed by atoms with van der Waals surface area (Å²) < 4.78 is 4.83. The van der Waals surface area contributed by atoms with Crippen molar-refractivity contribution >= 4 is 10.5 Å². The summed E-state index contributed by atoms with van der Waals surface area (Å²) in [6, 6.07) is 0. The van der Waals surface area contributed by atoms with Crippen molar-refractivity contribution in [2.45, 2.75) is 13.3 Å². The van der Waals surface area contributed by atoms with Gasteiger partial charge in [0.15, 0.2) is 0 Å². The fourth-order valence-corrected chi connectivity index (χ4v) is 0.612. The quantitative estimate of drug-likeness (QED) is 0.531. The van der Waals surface area contributed by atoms with Gasteiger partial charge < -0.3 is 4.43 Å². The molecule has 0 aliphatic carbocycles. The van der Waals surface area contributed by atoms with E-state index < -0.39 is 0 Å². The van der Waals surface area contributed by atoms with Gasteiger partial charge in [0.2, 0.25) is 0 Å². The van der Waals surface area contributed by atoms with Crippen LogP contribution in [-0.4, -0.2) is 17.1 Å². The molecule has 36 valence electrons. The molecule has 0 radical (unpaired) electrons. The molecular formula is C3H10OSiZr. The predicted molar refractivity (Wildman–Crippen MR) is 26.2 cm³/mol. The molecule has 0 saturated heterocycles. The molecule has 0 N–H and O–H groups in total. The van der Waals surface area contributed by atoms with Crippen LogP contribution in [0, 0.1) is 0 Å². The molecule has 0 bridgehead atoms. The molecule has 1 nitrogen and oxygen atoms in total. The molecule has 0 spiro atoms. The summed E-state index contributed by atoms with van der Waals surface area (Å²) in [7, 11) is 0.899. The minimum atomic E-state index is 0. The van der Waals surface area contributed by atoms with Gasteiger partial charge in [-0.15, -0.1) is 0 Å². The van der Waals surface area contributed by atoms with Gasteiger partial charge in [0.1, 0.15) is 10.5 Å². The van der Waals surface area contributed by atoms with Crippen LogP contribution >= 0.6 is 0 Å². The van der Waals surface area contributed by atoms with E-state index in [1.54, 1.807) is 0 Å². The largest absolute Gasteiger partial charge is 0.428 e. The molecule has 0 unspecified atom stereocenters. The first-order valence-electron chi connectivity index (χ1n) is 1.90. The summed E-state index contributed by atoms with van der Waals surface area (Å²) in [5.41, 5.74) is 0. The average molecular weight is 181 g/mol. The van der Waals surface area contributed by atoms with Crippen LogP contribution in [0.4, 0.5) is 0 Å². The van der Waals surface area contributed by atoms with Crippen molar-refractivity contribution in [3.05, 3.63) is 0 Å². The topological polar surface area (TPSA) is 9.23 Å². The van der Waals surface area contributed by atoms with E-state index in [-0.39, 0.29) is 26.2 Å². The van der Waals surface area contributed by atoms with Gasteiger partial charge in [0.05, 0.1) is 0 Å². The van der Waals surface area contributed by atoms with Gasteiger partial charge >= 0.3 is 0 Å². The van der Waals surface area contributed by atoms with E-state index in [9.17, 15) is 0 Å². The van der Waals surface area contributed by atoms with Crippen LogP contribution in [0.15, 0.2) is 0 Å². The van der Waals surface area contributed by atoms with Crippen molar-refractivity contribution in [2.24, 2.45) is 0 Å². The zero-order valence-corrected chi connectivity index (χ0v) is 8.78. The van der Waals surface area contributed by atoms with Crippen LogP contribution < -0.4 is 0 Å². The molecule has 0 rings (SSSR count). The Balaban J connectivity index is 0. The van der Waals surface area contributed by atoms with E-state index in [1.807, 2.05) is 0 Å². The van der Waals surface area contributed by atoms with E-state index in [0.717, 1.165) is 23.5 Å². The first-order chi connectivity index (χ1) is 2.41. The maximum absolute atomic E-state index is 4.83. The van der Waals surface area contributed by atoms with Gasteiger partial charge in [-0.3, -0.25) is 0 Å². The second kappa shape index (κ2) is 9.41. The fourth-order valence-electron chi connectivity index (χ4n) is 0.204. The SMILES string of the molecule is CCCO[SiH3].[Zr]. The molecule has 0 amide bonds. The minimum Gasteiger partial charge on any atom is -0.428 e. The monoisotopic (exact) mass is 180 g/mol. The van der Waals surface area contributed by atoms with Crippen molar-refractivity contribution in [3.63, 3.8) is 0 Å². The normalized spacial score (nSPS) is 7.50. The third-order valence-corrected chi connectivity index (χ3v) is 0.816. The summed E-state index contributed by atoms with van der Waals surface area (Å²) in [4.78, 5) is 0. The summed E-state index contributed by atoms with van der Waals surface area (Å²) in [5, 5.41) is 0. The van der Waals surface area contributed by atoms with Gasteiger partial charge in [-0.2, -0.15) is 0 Å². The summed E-state index contributed by atoms with van der Waals surface area (Å²) in [6.45, 7) is 3.06. The molecule has 0 aromatic carbocycles. The number of hydrogen-bond acceptors (Lipinski definition) is 1. The first kappa shape index (κ1) is 10.1. The van der Waals surface area contributed by atoms with Gasteiger partial charge in [-0.1, -0.05) is 6.92 Å². The molecule has 0 fully saturated rings. The Bertz CT molecular complexity index is 18.3. The molecule has 0 saturated carbocycles. The summed E-state index contributed by atoms with van der Waals surface area (Å²) >= 11 is 0. The molecular weight excluding hydrogens is 171 g/mol. The smallest absolute Gasteiger partial charge is 0.145 e. The Morgan fingerprint density at radius 2 is 2.17 bits per heavy atom. The van der Waals surface area contributed by atoms with E-state index >= 15 is 0 Å². The fraction of sp³-hybridized carbons (Fsp3) is 1.00.